The Morgan fingerprint density at radius 2 is 2.04 bits per heavy atom. The molecule has 0 radical (unpaired) electrons. The average Bonchev–Trinajstić information content (AvgIpc) is 2.86. The van der Waals surface area contributed by atoms with Crippen LogP contribution in [0.15, 0.2) is 47.6 Å². The number of nitrogens with zero attached hydrogens (tertiary/aromatic N) is 3. The molecule has 6 nitrogen and oxygen atoms in total. The lowest BCUT2D eigenvalue weighted by molar-refractivity contribution is 0.225. The topological polar surface area (TPSA) is 69.2 Å². The monoisotopic (exact) mass is 380 g/mol. The number of anilines is 1. The minimum absolute atomic E-state index is 0.395. The van der Waals surface area contributed by atoms with E-state index in [2.05, 4.69) is 26.6 Å². The molecule has 0 saturated carbocycles. The van der Waals surface area contributed by atoms with Crippen LogP contribution in [0.5, 0.6) is 11.6 Å². The Morgan fingerprint density at radius 3 is 2.81 bits per heavy atom. The summed E-state index contributed by atoms with van der Waals surface area (Å²) in [4.78, 5) is 4.54. The van der Waals surface area contributed by atoms with Crippen molar-refractivity contribution < 1.29 is 9.47 Å². The first-order valence-corrected chi connectivity index (χ1v) is 9.96. The fourth-order valence-electron chi connectivity index (χ4n) is 3.04. The van der Waals surface area contributed by atoms with Crippen molar-refractivity contribution in [2.45, 2.75) is 25.2 Å². The lowest BCUT2D eigenvalue weighted by Crippen LogP contribution is -2.17. The molecule has 1 aliphatic heterocycles. The highest BCUT2D eigenvalue weighted by Crippen LogP contribution is 2.39. The molecule has 0 fully saturated rings. The van der Waals surface area contributed by atoms with Crippen LogP contribution in [-0.2, 0) is 0 Å². The van der Waals surface area contributed by atoms with Gasteiger partial charge in [0.1, 0.15) is 5.75 Å². The summed E-state index contributed by atoms with van der Waals surface area (Å²) in [7, 11) is 0. The van der Waals surface area contributed by atoms with Gasteiger partial charge in [0, 0.05) is 16.8 Å². The Hall–Kier alpha value is -2.80. The van der Waals surface area contributed by atoms with E-state index in [0.717, 1.165) is 28.1 Å². The average molecular weight is 380 g/mol. The zero-order chi connectivity index (χ0) is 18.8. The highest BCUT2D eigenvalue weighted by atomic mass is 32.2. The van der Waals surface area contributed by atoms with Crippen molar-refractivity contribution in [3.63, 3.8) is 0 Å². The first-order valence-electron chi connectivity index (χ1n) is 8.74. The molecule has 27 heavy (non-hydrogen) atoms. The molecule has 0 amide bonds. The summed E-state index contributed by atoms with van der Waals surface area (Å²) in [5, 5.41) is 12.6. The van der Waals surface area contributed by atoms with Crippen molar-refractivity contribution in [2.24, 2.45) is 0 Å². The molecule has 7 heteroatoms. The Labute approximate surface area is 162 Å². The van der Waals surface area contributed by atoms with Crippen molar-refractivity contribution in [3.05, 3.63) is 53.6 Å². The molecule has 1 aliphatic rings. The van der Waals surface area contributed by atoms with E-state index in [9.17, 15) is 0 Å². The number of ether oxygens (including phenoxy) is 2. The Balaban J connectivity index is 1.79. The summed E-state index contributed by atoms with van der Waals surface area (Å²) in [6.45, 7) is 4.65. The summed E-state index contributed by atoms with van der Waals surface area (Å²) in [6, 6.07) is 14.0. The molecule has 0 unspecified atom stereocenters. The second-order valence-corrected chi connectivity index (χ2v) is 6.87. The predicted octanol–water partition coefficient (Wildman–Crippen LogP) is 4.47. The normalized spacial score (nSPS) is 15.0. The SMILES string of the molecule is CCOc1ccc([C@@H]2Nc3ccccc3-c3nnc(SC)nc3O2)cc1C. The third-order valence-corrected chi connectivity index (χ3v) is 4.86. The number of nitrogens with one attached hydrogen (secondary N) is 1. The van der Waals surface area contributed by atoms with E-state index in [0.29, 0.717) is 23.3 Å². The Kier molecular flexibility index (Phi) is 4.85. The van der Waals surface area contributed by atoms with Crippen molar-refractivity contribution in [2.75, 3.05) is 18.2 Å². The highest BCUT2D eigenvalue weighted by Gasteiger charge is 2.26. The molecular weight excluding hydrogens is 360 g/mol. The van der Waals surface area contributed by atoms with E-state index in [1.54, 1.807) is 0 Å². The molecule has 2 heterocycles. The molecule has 3 aromatic rings. The smallest absolute Gasteiger partial charge is 0.247 e. The summed E-state index contributed by atoms with van der Waals surface area (Å²) in [6.07, 6.45) is 1.52. The summed E-state index contributed by atoms with van der Waals surface area (Å²) < 4.78 is 11.9. The van der Waals surface area contributed by atoms with E-state index >= 15 is 0 Å². The Bertz CT molecular complexity index is 980. The fraction of sp³-hybridized carbons (Fsp3) is 0.250. The maximum Gasteiger partial charge on any atom is 0.247 e. The van der Waals surface area contributed by atoms with Gasteiger partial charge in [0.25, 0.3) is 0 Å². The lowest BCUT2D eigenvalue weighted by atomic mass is 10.1. The quantitative estimate of drug-likeness (QED) is 0.670. The zero-order valence-electron chi connectivity index (χ0n) is 15.4. The van der Waals surface area contributed by atoms with Gasteiger partial charge in [-0.3, -0.25) is 0 Å². The van der Waals surface area contributed by atoms with Crippen LogP contribution >= 0.6 is 11.8 Å². The predicted molar refractivity (Wildman–Crippen MR) is 106 cm³/mol. The molecule has 0 bridgehead atoms. The van der Waals surface area contributed by atoms with Crippen LogP contribution in [-0.4, -0.2) is 28.0 Å². The number of hydrogen-bond acceptors (Lipinski definition) is 7. The molecule has 4 rings (SSSR count). The van der Waals surface area contributed by atoms with Crippen LogP contribution in [0.3, 0.4) is 0 Å². The number of fused-ring (bicyclic) bond motifs is 3. The Morgan fingerprint density at radius 1 is 1.19 bits per heavy atom. The molecular formula is C20H20N4O2S. The van der Waals surface area contributed by atoms with E-state index in [-0.39, 0.29) is 0 Å². The lowest BCUT2D eigenvalue weighted by Gasteiger charge is -2.20. The van der Waals surface area contributed by atoms with Gasteiger partial charge in [0.05, 0.1) is 6.61 Å². The van der Waals surface area contributed by atoms with E-state index in [1.165, 1.54) is 11.8 Å². The van der Waals surface area contributed by atoms with Crippen molar-refractivity contribution in [3.8, 4) is 22.9 Å². The van der Waals surface area contributed by atoms with Gasteiger partial charge in [0.2, 0.25) is 11.0 Å². The van der Waals surface area contributed by atoms with E-state index < -0.39 is 6.23 Å². The molecule has 138 valence electrons. The summed E-state index contributed by atoms with van der Waals surface area (Å²) >= 11 is 1.43. The number of aromatic nitrogens is 3. The van der Waals surface area contributed by atoms with E-state index in [1.807, 2.05) is 56.5 Å². The van der Waals surface area contributed by atoms with Gasteiger partial charge in [-0.15, -0.1) is 10.2 Å². The van der Waals surface area contributed by atoms with Gasteiger partial charge in [-0.1, -0.05) is 30.0 Å². The zero-order valence-corrected chi connectivity index (χ0v) is 16.2. The first kappa shape index (κ1) is 17.6. The van der Waals surface area contributed by atoms with Gasteiger partial charge in [-0.25, -0.2) is 0 Å². The molecule has 2 aromatic carbocycles. The van der Waals surface area contributed by atoms with Gasteiger partial charge < -0.3 is 14.8 Å². The van der Waals surface area contributed by atoms with Crippen LogP contribution in [0.4, 0.5) is 5.69 Å². The fourth-order valence-corrected chi connectivity index (χ4v) is 3.33. The number of para-hydroxylation sites is 1. The number of benzene rings is 2. The number of rotatable bonds is 4. The molecule has 1 aromatic heterocycles. The summed E-state index contributed by atoms with van der Waals surface area (Å²) in [5.74, 6) is 1.35. The van der Waals surface area contributed by atoms with Gasteiger partial charge in [0.15, 0.2) is 11.9 Å². The van der Waals surface area contributed by atoms with E-state index in [4.69, 9.17) is 9.47 Å². The van der Waals surface area contributed by atoms with Gasteiger partial charge >= 0.3 is 0 Å². The van der Waals surface area contributed by atoms with Gasteiger partial charge in [-0.05, 0) is 49.9 Å². The molecule has 0 aliphatic carbocycles. The summed E-state index contributed by atoms with van der Waals surface area (Å²) in [5.41, 5.74) is 4.54. The van der Waals surface area contributed by atoms with Gasteiger partial charge in [-0.2, -0.15) is 4.98 Å². The third-order valence-electron chi connectivity index (χ3n) is 4.32. The maximum atomic E-state index is 6.24. The van der Waals surface area contributed by atoms with Crippen LogP contribution in [0.2, 0.25) is 0 Å². The van der Waals surface area contributed by atoms with Crippen LogP contribution < -0.4 is 14.8 Å². The number of hydrogen-bond donors (Lipinski definition) is 1. The highest BCUT2D eigenvalue weighted by molar-refractivity contribution is 7.98. The molecule has 1 N–H and O–H groups in total. The molecule has 0 saturated heterocycles. The third kappa shape index (κ3) is 3.42. The van der Waals surface area contributed by atoms with Crippen LogP contribution in [0.25, 0.3) is 11.3 Å². The number of thioether (sulfide) groups is 1. The largest absolute Gasteiger partial charge is 0.494 e. The van der Waals surface area contributed by atoms with Crippen LogP contribution in [0.1, 0.15) is 24.3 Å². The van der Waals surface area contributed by atoms with Crippen molar-refractivity contribution in [1.82, 2.24) is 15.2 Å². The van der Waals surface area contributed by atoms with Crippen molar-refractivity contribution in [1.29, 1.82) is 0 Å². The second-order valence-electron chi connectivity index (χ2n) is 6.10. The maximum absolute atomic E-state index is 6.24. The number of aryl methyl sites for hydroxylation is 1. The molecule has 0 spiro atoms. The second kappa shape index (κ2) is 7.44. The molecule has 1 atom stereocenters. The van der Waals surface area contributed by atoms with Crippen molar-refractivity contribution >= 4 is 17.4 Å². The minimum atomic E-state index is -0.395. The first-order chi connectivity index (χ1) is 13.2. The minimum Gasteiger partial charge on any atom is -0.494 e. The standard InChI is InChI=1S/C20H20N4O2S/c1-4-25-16-10-9-13(11-12(16)2)18-21-15-8-6-5-7-14(15)17-19(26-18)22-20(27-3)24-23-17/h5-11,18,21H,4H2,1-3H3/t18-/m1/s1. The van der Waals surface area contributed by atoms with Crippen LogP contribution in [0, 0.1) is 6.92 Å².